The van der Waals surface area contributed by atoms with Gasteiger partial charge in [0.15, 0.2) is 5.78 Å². The molecule has 0 aromatic heterocycles. The van der Waals surface area contributed by atoms with Crippen LogP contribution in [0.1, 0.15) is 20.7 Å². The van der Waals surface area contributed by atoms with Gasteiger partial charge < -0.3 is 14.8 Å². The number of methoxy groups -OCH3 is 2. The zero-order valence-electron chi connectivity index (χ0n) is 12.5. The van der Waals surface area contributed by atoms with Gasteiger partial charge in [0.1, 0.15) is 12.4 Å². The molecule has 2 aromatic rings. The summed E-state index contributed by atoms with van der Waals surface area (Å²) in [5.41, 5.74) is 1.29. The van der Waals surface area contributed by atoms with Gasteiger partial charge >= 0.3 is 0 Å². The average Bonchev–Trinajstić information content (AvgIpc) is 2.55. The number of carbonyl (C=O) groups is 2. The molecule has 0 aliphatic rings. The van der Waals surface area contributed by atoms with E-state index in [0.717, 1.165) is 0 Å². The van der Waals surface area contributed by atoms with E-state index < -0.39 is 0 Å². The Bertz CT molecular complexity index is 668. The van der Waals surface area contributed by atoms with Gasteiger partial charge in [-0.25, -0.2) is 0 Å². The lowest BCUT2D eigenvalue weighted by atomic mass is 10.1. The lowest BCUT2D eigenvalue weighted by molar-refractivity contribution is 0.0849. The molecule has 114 valence electrons. The first-order valence-electron chi connectivity index (χ1n) is 6.72. The van der Waals surface area contributed by atoms with Gasteiger partial charge in [0.2, 0.25) is 0 Å². The molecule has 1 amide bonds. The molecule has 0 bridgehead atoms. The third kappa shape index (κ3) is 3.71. The van der Waals surface area contributed by atoms with Crippen molar-refractivity contribution in [3.05, 3.63) is 59.7 Å². The normalized spacial score (nSPS) is 10.1. The molecule has 0 fully saturated rings. The van der Waals surface area contributed by atoms with Gasteiger partial charge in [0, 0.05) is 24.3 Å². The highest BCUT2D eigenvalue weighted by atomic mass is 16.5. The Morgan fingerprint density at radius 3 is 2.41 bits per heavy atom. The van der Waals surface area contributed by atoms with Crippen LogP contribution in [0.3, 0.4) is 0 Å². The fourth-order valence-corrected chi connectivity index (χ4v) is 1.99. The summed E-state index contributed by atoms with van der Waals surface area (Å²) in [5, 5.41) is 2.75. The van der Waals surface area contributed by atoms with E-state index in [4.69, 9.17) is 9.47 Å². The Labute approximate surface area is 128 Å². The van der Waals surface area contributed by atoms with E-state index in [0.29, 0.717) is 22.6 Å². The Morgan fingerprint density at radius 2 is 1.77 bits per heavy atom. The van der Waals surface area contributed by atoms with Crippen LogP contribution in [-0.2, 0) is 4.74 Å². The molecule has 0 radical (unpaired) electrons. The number of amides is 1. The average molecular weight is 299 g/mol. The number of Topliss-reactive ketones (excluding diaryl/α,β-unsaturated/α-hetero) is 1. The largest absolute Gasteiger partial charge is 0.497 e. The van der Waals surface area contributed by atoms with Crippen molar-refractivity contribution in [1.82, 2.24) is 0 Å². The lowest BCUT2D eigenvalue weighted by Gasteiger charge is -2.12. The highest BCUT2D eigenvalue weighted by Gasteiger charge is 2.15. The fraction of sp³-hybridized carbons (Fsp3) is 0.176. The van der Waals surface area contributed by atoms with Crippen LogP contribution in [0.25, 0.3) is 0 Å². The van der Waals surface area contributed by atoms with Gasteiger partial charge in [-0.05, 0) is 24.3 Å². The van der Waals surface area contributed by atoms with E-state index in [1.54, 1.807) is 42.5 Å². The molecule has 1 N–H and O–H groups in total. The van der Waals surface area contributed by atoms with Crippen LogP contribution in [0.2, 0.25) is 0 Å². The summed E-state index contributed by atoms with van der Waals surface area (Å²) in [6, 6.07) is 13.7. The van der Waals surface area contributed by atoms with E-state index in [2.05, 4.69) is 5.32 Å². The van der Waals surface area contributed by atoms with Crippen LogP contribution >= 0.6 is 0 Å². The van der Waals surface area contributed by atoms with Crippen molar-refractivity contribution in [2.75, 3.05) is 26.1 Å². The van der Waals surface area contributed by atoms with Crippen molar-refractivity contribution in [3.8, 4) is 5.75 Å². The molecule has 0 unspecified atom stereocenters. The number of rotatable bonds is 6. The first kappa shape index (κ1) is 15.7. The van der Waals surface area contributed by atoms with Gasteiger partial charge in [-0.3, -0.25) is 9.59 Å². The Morgan fingerprint density at radius 1 is 1.05 bits per heavy atom. The molecule has 0 atom stereocenters. The van der Waals surface area contributed by atoms with Crippen LogP contribution in [0.4, 0.5) is 5.69 Å². The van der Waals surface area contributed by atoms with Crippen molar-refractivity contribution in [2.24, 2.45) is 0 Å². The van der Waals surface area contributed by atoms with Gasteiger partial charge in [0.05, 0.1) is 12.8 Å². The molecule has 0 aliphatic carbocycles. The summed E-state index contributed by atoms with van der Waals surface area (Å²) in [7, 11) is 2.97. The number of nitrogens with one attached hydrogen (secondary N) is 1. The predicted molar refractivity (Wildman–Crippen MR) is 83.6 cm³/mol. The summed E-state index contributed by atoms with van der Waals surface area (Å²) >= 11 is 0. The maximum absolute atomic E-state index is 12.3. The van der Waals surface area contributed by atoms with Crippen LogP contribution in [0.5, 0.6) is 5.75 Å². The standard InChI is InChI=1S/C17H17NO4/c1-21-11-16(19)14-9-8-13(22-2)10-15(14)18-17(20)12-6-4-3-5-7-12/h3-10H,11H2,1-2H3,(H,18,20). The second-order valence-corrected chi connectivity index (χ2v) is 4.59. The Hall–Kier alpha value is -2.66. The maximum atomic E-state index is 12.3. The maximum Gasteiger partial charge on any atom is 0.255 e. The molecular weight excluding hydrogens is 282 g/mol. The number of carbonyl (C=O) groups excluding carboxylic acids is 2. The summed E-state index contributed by atoms with van der Waals surface area (Å²) in [6.07, 6.45) is 0. The second-order valence-electron chi connectivity index (χ2n) is 4.59. The minimum Gasteiger partial charge on any atom is -0.497 e. The molecule has 0 aliphatic heterocycles. The molecule has 2 aromatic carbocycles. The SMILES string of the molecule is COCC(=O)c1ccc(OC)cc1NC(=O)c1ccccc1. The van der Waals surface area contributed by atoms with Crippen molar-refractivity contribution >= 4 is 17.4 Å². The first-order chi connectivity index (χ1) is 10.7. The molecule has 0 saturated carbocycles. The smallest absolute Gasteiger partial charge is 0.255 e. The van der Waals surface area contributed by atoms with E-state index in [1.807, 2.05) is 6.07 Å². The minimum absolute atomic E-state index is 0.0550. The van der Waals surface area contributed by atoms with Crippen LogP contribution in [0.15, 0.2) is 48.5 Å². The zero-order valence-corrected chi connectivity index (χ0v) is 12.5. The Balaban J connectivity index is 2.31. The zero-order chi connectivity index (χ0) is 15.9. The number of ether oxygens (including phenoxy) is 2. The van der Waals surface area contributed by atoms with E-state index in [9.17, 15) is 9.59 Å². The predicted octanol–water partition coefficient (Wildman–Crippen LogP) is 2.78. The number of hydrogen-bond donors (Lipinski definition) is 1. The van der Waals surface area contributed by atoms with Crippen LogP contribution in [0, 0.1) is 0 Å². The van der Waals surface area contributed by atoms with E-state index in [-0.39, 0.29) is 18.3 Å². The molecule has 0 saturated heterocycles. The molecule has 5 heteroatoms. The first-order valence-corrected chi connectivity index (χ1v) is 6.72. The van der Waals surface area contributed by atoms with E-state index in [1.165, 1.54) is 14.2 Å². The third-order valence-corrected chi connectivity index (χ3v) is 3.09. The van der Waals surface area contributed by atoms with Crippen molar-refractivity contribution in [3.63, 3.8) is 0 Å². The molecule has 0 heterocycles. The highest BCUT2D eigenvalue weighted by molar-refractivity contribution is 6.10. The third-order valence-electron chi connectivity index (χ3n) is 3.09. The monoisotopic (exact) mass is 299 g/mol. The van der Waals surface area contributed by atoms with Crippen molar-refractivity contribution in [1.29, 1.82) is 0 Å². The van der Waals surface area contributed by atoms with Crippen LogP contribution in [-0.4, -0.2) is 32.5 Å². The number of ketones is 1. The fourth-order valence-electron chi connectivity index (χ4n) is 1.99. The molecular formula is C17H17NO4. The summed E-state index contributed by atoms with van der Waals surface area (Å²) in [6.45, 7) is -0.0550. The summed E-state index contributed by atoms with van der Waals surface area (Å²) in [5.74, 6) is 0.0474. The van der Waals surface area contributed by atoms with E-state index >= 15 is 0 Å². The lowest BCUT2D eigenvalue weighted by Crippen LogP contribution is -2.16. The summed E-state index contributed by atoms with van der Waals surface area (Å²) in [4.78, 5) is 24.3. The highest BCUT2D eigenvalue weighted by Crippen LogP contribution is 2.24. The second kappa shape index (κ2) is 7.38. The quantitative estimate of drug-likeness (QED) is 0.833. The minimum atomic E-state index is -0.291. The molecule has 22 heavy (non-hydrogen) atoms. The Kier molecular flexibility index (Phi) is 5.27. The van der Waals surface area contributed by atoms with Gasteiger partial charge in [-0.2, -0.15) is 0 Å². The number of anilines is 1. The van der Waals surface area contributed by atoms with Crippen molar-refractivity contribution < 1.29 is 19.1 Å². The topological polar surface area (TPSA) is 64.6 Å². The van der Waals surface area contributed by atoms with Crippen LogP contribution < -0.4 is 10.1 Å². The number of hydrogen-bond acceptors (Lipinski definition) is 4. The van der Waals surface area contributed by atoms with Gasteiger partial charge in [-0.15, -0.1) is 0 Å². The van der Waals surface area contributed by atoms with Gasteiger partial charge in [0.25, 0.3) is 5.91 Å². The van der Waals surface area contributed by atoms with Crippen molar-refractivity contribution in [2.45, 2.75) is 0 Å². The molecule has 0 spiro atoms. The summed E-state index contributed by atoms with van der Waals surface area (Å²) < 4.78 is 10.0. The molecule has 2 rings (SSSR count). The van der Waals surface area contributed by atoms with Gasteiger partial charge in [-0.1, -0.05) is 18.2 Å². The molecule has 5 nitrogen and oxygen atoms in total. The number of benzene rings is 2.